The summed E-state index contributed by atoms with van der Waals surface area (Å²) in [5.41, 5.74) is 0.747. The van der Waals surface area contributed by atoms with E-state index in [4.69, 9.17) is 15.6 Å². The Balaban J connectivity index is 1.67. The van der Waals surface area contributed by atoms with Crippen molar-refractivity contribution in [2.24, 2.45) is 5.92 Å². The smallest absolute Gasteiger partial charge is 0.289 e. The average Bonchev–Trinajstić information content (AvgIpc) is 2.99. The second kappa shape index (κ2) is 6.67. The molecule has 1 fully saturated rings. The second-order valence-electron chi connectivity index (χ2n) is 5.63. The lowest BCUT2D eigenvalue weighted by Crippen LogP contribution is -2.41. The number of fused-ring (bicyclic) bond motifs is 1. The van der Waals surface area contributed by atoms with Crippen LogP contribution in [-0.2, 0) is 4.74 Å². The van der Waals surface area contributed by atoms with Crippen LogP contribution in [0.1, 0.15) is 23.4 Å². The van der Waals surface area contributed by atoms with Gasteiger partial charge < -0.3 is 14.1 Å². The SMILES string of the molecule is C#CCOC[C@@H]1CCCN(C(=O)c2cc3ccccc3o2)C1. The monoisotopic (exact) mass is 297 g/mol. The molecule has 0 N–H and O–H groups in total. The Hall–Kier alpha value is -2.25. The number of hydrogen-bond donors (Lipinski definition) is 0. The van der Waals surface area contributed by atoms with E-state index in [9.17, 15) is 4.79 Å². The standard InChI is InChI=1S/C18H19NO3/c1-2-10-21-13-14-6-5-9-19(12-14)18(20)17-11-15-7-3-4-8-16(15)22-17/h1,3-4,7-8,11,14H,5-6,9-10,12-13H2/t14-/m1/s1. The molecule has 0 unspecified atom stereocenters. The Morgan fingerprint density at radius 3 is 3.14 bits per heavy atom. The van der Waals surface area contributed by atoms with E-state index in [-0.39, 0.29) is 5.91 Å². The van der Waals surface area contributed by atoms with Crippen molar-refractivity contribution in [3.8, 4) is 12.3 Å². The molecule has 0 aliphatic carbocycles. The van der Waals surface area contributed by atoms with Gasteiger partial charge in [0.15, 0.2) is 5.76 Å². The summed E-state index contributed by atoms with van der Waals surface area (Å²) in [7, 11) is 0. The molecular weight excluding hydrogens is 278 g/mol. The maximum absolute atomic E-state index is 12.6. The molecule has 0 spiro atoms. The topological polar surface area (TPSA) is 42.7 Å². The maximum atomic E-state index is 12.6. The molecule has 0 saturated carbocycles. The van der Waals surface area contributed by atoms with E-state index in [1.54, 1.807) is 0 Å². The third-order valence-electron chi connectivity index (χ3n) is 3.98. The predicted molar refractivity (Wildman–Crippen MR) is 84.5 cm³/mol. The van der Waals surface area contributed by atoms with Gasteiger partial charge in [-0.25, -0.2) is 0 Å². The quantitative estimate of drug-likeness (QED) is 0.643. The molecule has 0 bridgehead atoms. The molecule has 1 atom stereocenters. The molecule has 3 rings (SSSR count). The van der Waals surface area contributed by atoms with Crippen LogP contribution in [0, 0.1) is 18.3 Å². The lowest BCUT2D eigenvalue weighted by Gasteiger charge is -2.31. The Bertz CT molecular complexity index is 665. The number of amides is 1. The summed E-state index contributed by atoms with van der Waals surface area (Å²) in [6.07, 6.45) is 7.23. The fourth-order valence-corrected chi connectivity index (χ4v) is 2.91. The van der Waals surface area contributed by atoms with E-state index in [1.807, 2.05) is 35.2 Å². The molecule has 1 saturated heterocycles. The zero-order valence-electron chi connectivity index (χ0n) is 12.5. The van der Waals surface area contributed by atoms with Crippen molar-refractivity contribution >= 4 is 16.9 Å². The number of carbonyl (C=O) groups is 1. The number of benzene rings is 1. The molecule has 1 aromatic heterocycles. The highest BCUT2D eigenvalue weighted by atomic mass is 16.5. The molecular formula is C18H19NO3. The molecule has 2 heterocycles. The first-order valence-corrected chi connectivity index (χ1v) is 7.57. The van der Waals surface area contributed by atoms with Crippen LogP contribution in [0.3, 0.4) is 0 Å². The van der Waals surface area contributed by atoms with Crippen LogP contribution in [0.4, 0.5) is 0 Å². The summed E-state index contributed by atoms with van der Waals surface area (Å²) in [4.78, 5) is 14.5. The third-order valence-corrected chi connectivity index (χ3v) is 3.98. The number of hydrogen-bond acceptors (Lipinski definition) is 3. The van der Waals surface area contributed by atoms with E-state index in [0.29, 0.717) is 31.4 Å². The van der Waals surface area contributed by atoms with Gasteiger partial charge in [0.25, 0.3) is 5.91 Å². The molecule has 1 amide bonds. The fraction of sp³-hybridized carbons (Fsp3) is 0.389. The van der Waals surface area contributed by atoms with E-state index in [1.165, 1.54) is 0 Å². The molecule has 2 aromatic rings. The molecule has 4 heteroatoms. The number of nitrogens with zero attached hydrogens (tertiary/aromatic N) is 1. The first kappa shape index (κ1) is 14.7. The predicted octanol–water partition coefficient (Wildman–Crippen LogP) is 2.93. The highest BCUT2D eigenvalue weighted by Crippen LogP contribution is 2.23. The van der Waals surface area contributed by atoms with Gasteiger partial charge in [-0.2, -0.15) is 0 Å². The van der Waals surface area contributed by atoms with Gasteiger partial charge in [-0.05, 0) is 25.0 Å². The number of furan rings is 1. The Kier molecular flexibility index (Phi) is 4.45. The number of terminal acetylenes is 1. The van der Waals surface area contributed by atoms with Crippen molar-refractivity contribution < 1.29 is 13.9 Å². The molecule has 1 aliphatic heterocycles. The zero-order chi connectivity index (χ0) is 15.4. The summed E-state index contributed by atoms with van der Waals surface area (Å²) in [5, 5.41) is 0.955. The first-order chi connectivity index (χ1) is 10.8. The Labute approximate surface area is 130 Å². The van der Waals surface area contributed by atoms with Crippen molar-refractivity contribution in [2.75, 3.05) is 26.3 Å². The summed E-state index contributed by atoms with van der Waals surface area (Å²) in [5.74, 6) is 3.17. The summed E-state index contributed by atoms with van der Waals surface area (Å²) < 4.78 is 11.1. The van der Waals surface area contributed by atoms with Crippen LogP contribution in [0.5, 0.6) is 0 Å². The normalized spacial score (nSPS) is 18.3. The van der Waals surface area contributed by atoms with E-state index in [0.717, 1.165) is 30.4 Å². The van der Waals surface area contributed by atoms with Gasteiger partial charge in [0.05, 0.1) is 6.61 Å². The minimum Gasteiger partial charge on any atom is -0.451 e. The first-order valence-electron chi connectivity index (χ1n) is 7.57. The van der Waals surface area contributed by atoms with Crippen LogP contribution in [0.25, 0.3) is 11.0 Å². The van der Waals surface area contributed by atoms with Crippen molar-refractivity contribution in [1.29, 1.82) is 0 Å². The fourth-order valence-electron chi connectivity index (χ4n) is 2.91. The van der Waals surface area contributed by atoms with Gasteiger partial charge in [0.1, 0.15) is 12.2 Å². The van der Waals surface area contributed by atoms with Gasteiger partial charge in [-0.15, -0.1) is 6.42 Å². The summed E-state index contributed by atoms with van der Waals surface area (Å²) in [6, 6.07) is 9.48. The number of para-hydroxylation sites is 1. The van der Waals surface area contributed by atoms with Gasteiger partial charge in [0.2, 0.25) is 0 Å². The van der Waals surface area contributed by atoms with Crippen LogP contribution < -0.4 is 0 Å². The molecule has 4 nitrogen and oxygen atoms in total. The van der Waals surface area contributed by atoms with E-state index >= 15 is 0 Å². The van der Waals surface area contributed by atoms with Gasteiger partial charge in [0, 0.05) is 24.4 Å². The third kappa shape index (κ3) is 3.15. The van der Waals surface area contributed by atoms with Gasteiger partial charge in [-0.1, -0.05) is 24.1 Å². The van der Waals surface area contributed by atoms with Gasteiger partial charge in [-0.3, -0.25) is 4.79 Å². The Morgan fingerprint density at radius 2 is 2.32 bits per heavy atom. The molecule has 114 valence electrons. The molecule has 0 radical (unpaired) electrons. The highest BCUT2D eigenvalue weighted by molar-refractivity contribution is 5.96. The van der Waals surface area contributed by atoms with E-state index < -0.39 is 0 Å². The highest BCUT2D eigenvalue weighted by Gasteiger charge is 2.26. The molecule has 1 aliphatic rings. The summed E-state index contributed by atoms with van der Waals surface area (Å²) >= 11 is 0. The average molecular weight is 297 g/mol. The second-order valence-corrected chi connectivity index (χ2v) is 5.63. The minimum absolute atomic E-state index is 0.0437. The van der Waals surface area contributed by atoms with Crippen molar-refractivity contribution in [2.45, 2.75) is 12.8 Å². The molecule has 1 aromatic carbocycles. The van der Waals surface area contributed by atoms with Crippen molar-refractivity contribution in [3.05, 3.63) is 36.1 Å². The molecule has 22 heavy (non-hydrogen) atoms. The van der Waals surface area contributed by atoms with E-state index in [2.05, 4.69) is 5.92 Å². The number of rotatable bonds is 4. The van der Waals surface area contributed by atoms with Crippen LogP contribution >= 0.6 is 0 Å². The van der Waals surface area contributed by atoms with Gasteiger partial charge >= 0.3 is 0 Å². The maximum Gasteiger partial charge on any atom is 0.289 e. The number of piperidine rings is 1. The number of ether oxygens (including phenoxy) is 1. The Morgan fingerprint density at radius 1 is 1.45 bits per heavy atom. The lowest BCUT2D eigenvalue weighted by molar-refractivity contribution is 0.0510. The largest absolute Gasteiger partial charge is 0.451 e. The summed E-state index contributed by atoms with van der Waals surface area (Å²) in [6.45, 7) is 2.39. The van der Waals surface area contributed by atoms with Crippen molar-refractivity contribution in [1.82, 2.24) is 4.90 Å². The minimum atomic E-state index is -0.0437. The van der Waals surface area contributed by atoms with Crippen LogP contribution in [0.2, 0.25) is 0 Å². The van der Waals surface area contributed by atoms with Crippen LogP contribution in [0.15, 0.2) is 34.7 Å². The lowest BCUT2D eigenvalue weighted by atomic mass is 9.99. The van der Waals surface area contributed by atoms with Crippen LogP contribution in [-0.4, -0.2) is 37.1 Å². The number of likely N-dealkylation sites (tertiary alicyclic amines) is 1. The van der Waals surface area contributed by atoms with Crippen molar-refractivity contribution in [3.63, 3.8) is 0 Å². The number of carbonyl (C=O) groups excluding carboxylic acids is 1. The zero-order valence-corrected chi connectivity index (χ0v) is 12.5.